The summed E-state index contributed by atoms with van der Waals surface area (Å²) in [4.78, 5) is 26.8. The Labute approximate surface area is 195 Å². The van der Waals surface area contributed by atoms with Crippen LogP contribution in [-0.2, 0) is 11.4 Å². The number of hydrogen-bond acceptors (Lipinski definition) is 5. The van der Waals surface area contributed by atoms with Crippen LogP contribution in [-0.4, -0.2) is 18.3 Å². The zero-order valence-electron chi connectivity index (χ0n) is 17.5. The van der Waals surface area contributed by atoms with E-state index >= 15 is 0 Å². The van der Waals surface area contributed by atoms with Crippen molar-refractivity contribution in [3.63, 3.8) is 0 Å². The van der Waals surface area contributed by atoms with Gasteiger partial charge in [-0.05, 0) is 72.3 Å². The summed E-state index contributed by atoms with van der Waals surface area (Å²) in [6, 6.07) is 20.1. The van der Waals surface area contributed by atoms with Crippen molar-refractivity contribution in [3.8, 4) is 11.5 Å². The highest BCUT2D eigenvalue weighted by Crippen LogP contribution is 2.37. The first-order chi connectivity index (χ1) is 15.4. The van der Waals surface area contributed by atoms with Crippen LogP contribution in [0.3, 0.4) is 0 Å². The lowest BCUT2D eigenvalue weighted by Crippen LogP contribution is -2.27. The lowest BCUT2D eigenvalue weighted by atomic mass is 10.1. The smallest absolute Gasteiger partial charge is 0.298 e. The van der Waals surface area contributed by atoms with Crippen molar-refractivity contribution in [1.82, 2.24) is 0 Å². The van der Waals surface area contributed by atoms with Crippen LogP contribution >= 0.6 is 23.4 Å². The Hall–Kier alpha value is -3.22. The number of carbonyl (C=O) groups excluding carboxylic acids is 2. The maximum absolute atomic E-state index is 12.8. The van der Waals surface area contributed by atoms with Gasteiger partial charge in [-0.1, -0.05) is 47.5 Å². The first kappa shape index (κ1) is 22.0. The number of hydrogen-bond donors (Lipinski definition) is 0. The monoisotopic (exact) mass is 465 g/mol. The molecule has 162 valence electrons. The molecule has 0 atom stereocenters. The number of methoxy groups -OCH3 is 1. The molecule has 1 aliphatic rings. The van der Waals surface area contributed by atoms with Crippen LogP contribution in [0.1, 0.15) is 16.7 Å². The van der Waals surface area contributed by atoms with Crippen molar-refractivity contribution < 1.29 is 19.1 Å². The molecular weight excluding hydrogens is 446 g/mol. The second kappa shape index (κ2) is 9.51. The quantitative estimate of drug-likeness (QED) is 0.390. The van der Waals surface area contributed by atoms with Crippen LogP contribution in [0.4, 0.5) is 10.5 Å². The summed E-state index contributed by atoms with van der Waals surface area (Å²) < 4.78 is 11.4. The second-order valence-corrected chi connectivity index (χ2v) is 8.61. The summed E-state index contributed by atoms with van der Waals surface area (Å²) in [5.41, 5.74) is 3.46. The number of amides is 2. The van der Waals surface area contributed by atoms with Crippen molar-refractivity contribution in [2.45, 2.75) is 13.5 Å². The van der Waals surface area contributed by atoms with Gasteiger partial charge in [0.2, 0.25) is 0 Å². The van der Waals surface area contributed by atoms with Gasteiger partial charge in [0.1, 0.15) is 6.61 Å². The van der Waals surface area contributed by atoms with Crippen LogP contribution in [0.5, 0.6) is 11.5 Å². The molecule has 32 heavy (non-hydrogen) atoms. The summed E-state index contributed by atoms with van der Waals surface area (Å²) in [6.45, 7) is 2.45. The maximum atomic E-state index is 12.8. The van der Waals surface area contributed by atoms with E-state index in [-0.39, 0.29) is 11.1 Å². The number of thioether (sulfide) groups is 1. The van der Waals surface area contributed by atoms with Crippen LogP contribution < -0.4 is 14.4 Å². The van der Waals surface area contributed by atoms with Gasteiger partial charge in [-0.2, -0.15) is 0 Å². The highest BCUT2D eigenvalue weighted by molar-refractivity contribution is 8.19. The standard InChI is InChI=1S/C25H20ClNO4S/c1-16-3-5-17(6-4-16)15-31-21-12-7-18(13-22(21)30-2)14-23-24(28)27(25(29)32-23)20-10-8-19(26)9-11-20/h3-14H,15H2,1-2H3. The molecule has 5 nitrogen and oxygen atoms in total. The van der Waals surface area contributed by atoms with Gasteiger partial charge in [0.15, 0.2) is 11.5 Å². The zero-order chi connectivity index (χ0) is 22.7. The van der Waals surface area contributed by atoms with Gasteiger partial charge >= 0.3 is 0 Å². The third kappa shape index (κ3) is 4.82. The molecule has 0 radical (unpaired) electrons. The highest BCUT2D eigenvalue weighted by Gasteiger charge is 2.36. The van der Waals surface area contributed by atoms with E-state index in [1.807, 2.05) is 37.3 Å². The lowest BCUT2D eigenvalue weighted by molar-refractivity contribution is -0.113. The van der Waals surface area contributed by atoms with Gasteiger partial charge in [-0.25, -0.2) is 4.90 Å². The van der Waals surface area contributed by atoms with Crippen LogP contribution in [0.2, 0.25) is 5.02 Å². The van der Waals surface area contributed by atoms with Crippen molar-refractivity contribution in [1.29, 1.82) is 0 Å². The lowest BCUT2D eigenvalue weighted by Gasteiger charge is -2.12. The summed E-state index contributed by atoms with van der Waals surface area (Å²) in [6.07, 6.45) is 1.67. The van der Waals surface area contributed by atoms with Crippen molar-refractivity contribution >= 4 is 46.3 Å². The molecule has 0 N–H and O–H groups in total. The normalized spacial score (nSPS) is 14.8. The molecule has 4 rings (SSSR count). The number of halogens is 1. The molecule has 0 bridgehead atoms. The second-order valence-electron chi connectivity index (χ2n) is 7.18. The predicted octanol–water partition coefficient (Wildman–Crippen LogP) is 6.48. The van der Waals surface area contributed by atoms with Crippen molar-refractivity contribution in [3.05, 3.63) is 93.3 Å². The van der Waals surface area contributed by atoms with E-state index in [0.29, 0.717) is 33.7 Å². The molecule has 1 aliphatic heterocycles. The van der Waals surface area contributed by atoms with E-state index in [9.17, 15) is 9.59 Å². The topological polar surface area (TPSA) is 55.8 Å². The van der Waals surface area contributed by atoms with Crippen molar-refractivity contribution in [2.24, 2.45) is 0 Å². The molecule has 1 fully saturated rings. The predicted molar refractivity (Wildman–Crippen MR) is 128 cm³/mol. The fraction of sp³-hybridized carbons (Fsp3) is 0.120. The van der Waals surface area contributed by atoms with Crippen molar-refractivity contribution in [2.75, 3.05) is 12.0 Å². The molecular formula is C25H20ClNO4S. The van der Waals surface area contributed by atoms with Crippen LogP contribution in [0.15, 0.2) is 71.6 Å². The molecule has 0 saturated carbocycles. The molecule has 0 spiro atoms. The van der Waals surface area contributed by atoms with Crippen LogP contribution in [0.25, 0.3) is 6.08 Å². The minimum atomic E-state index is -0.374. The van der Waals surface area contributed by atoms with E-state index in [0.717, 1.165) is 27.8 Å². The third-order valence-corrected chi connectivity index (χ3v) is 6.00. The molecule has 0 aliphatic carbocycles. The van der Waals surface area contributed by atoms with Gasteiger partial charge in [-0.3, -0.25) is 9.59 Å². The zero-order valence-corrected chi connectivity index (χ0v) is 19.1. The third-order valence-electron chi connectivity index (χ3n) is 4.88. The number of ether oxygens (including phenoxy) is 2. The minimum absolute atomic E-state index is 0.334. The average molecular weight is 466 g/mol. The van der Waals surface area contributed by atoms with Gasteiger partial charge < -0.3 is 9.47 Å². The van der Waals surface area contributed by atoms with E-state index in [1.54, 1.807) is 49.6 Å². The number of benzene rings is 3. The van der Waals surface area contributed by atoms with E-state index < -0.39 is 0 Å². The number of aryl methyl sites for hydroxylation is 1. The Morgan fingerprint density at radius 2 is 1.69 bits per heavy atom. The number of imide groups is 1. The van der Waals surface area contributed by atoms with Gasteiger partial charge in [0.25, 0.3) is 11.1 Å². The summed E-state index contributed by atoms with van der Waals surface area (Å²) in [5, 5.41) is 0.182. The largest absolute Gasteiger partial charge is 0.493 e. The Morgan fingerprint density at radius 3 is 2.38 bits per heavy atom. The molecule has 3 aromatic rings. The maximum Gasteiger partial charge on any atom is 0.298 e. The SMILES string of the molecule is COc1cc(C=C2SC(=O)N(c3ccc(Cl)cc3)C2=O)ccc1OCc1ccc(C)cc1. The molecule has 0 aromatic heterocycles. The Balaban J connectivity index is 1.52. The molecule has 1 heterocycles. The average Bonchev–Trinajstić information content (AvgIpc) is 3.07. The van der Waals surface area contributed by atoms with Gasteiger partial charge in [0.05, 0.1) is 17.7 Å². The van der Waals surface area contributed by atoms with Crippen LogP contribution in [0, 0.1) is 6.92 Å². The van der Waals surface area contributed by atoms with E-state index in [1.165, 1.54) is 5.56 Å². The Kier molecular flexibility index (Phi) is 6.53. The van der Waals surface area contributed by atoms with Gasteiger partial charge in [0, 0.05) is 5.02 Å². The Bertz CT molecular complexity index is 1190. The molecule has 3 aromatic carbocycles. The molecule has 2 amide bonds. The summed E-state index contributed by atoms with van der Waals surface area (Å²) in [7, 11) is 1.56. The number of carbonyl (C=O) groups is 2. The minimum Gasteiger partial charge on any atom is -0.493 e. The number of anilines is 1. The molecule has 7 heteroatoms. The number of nitrogens with zero attached hydrogens (tertiary/aromatic N) is 1. The van der Waals surface area contributed by atoms with Gasteiger partial charge in [-0.15, -0.1) is 0 Å². The summed E-state index contributed by atoms with van der Waals surface area (Å²) >= 11 is 6.80. The Morgan fingerprint density at radius 1 is 0.969 bits per heavy atom. The summed E-state index contributed by atoms with van der Waals surface area (Å²) in [5.74, 6) is 0.767. The van der Waals surface area contributed by atoms with E-state index in [4.69, 9.17) is 21.1 Å². The fourth-order valence-corrected chi connectivity index (χ4v) is 4.14. The van der Waals surface area contributed by atoms with E-state index in [2.05, 4.69) is 0 Å². The highest BCUT2D eigenvalue weighted by atomic mass is 35.5. The first-order valence-electron chi connectivity index (χ1n) is 9.84. The number of rotatable bonds is 6. The molecule has 1 saturated heterocycles. The first-order valence-corrected chi connectivity index (χ1v) is 11.0. The molecule has 0 unspecified atom stereocenters. The fourth-order valence-electron chi connectivity index (χ4n) is 3.17.